The molecule has 0 aliphatic carbocycles. The van der Waals surface area contributed by atoms with Gasteiger partial charge in [0, 0.05) is 12.4 Å². The number of nitrogens with two attached hydrogens (primary N) is 1. The summed E-state index contributed by atoms with van der Waals surface area (Å²) in [6.45, 7) is 1.78. The minimum atomic E-state index is -3.79. The Labute approximate surface area is 105 Å². The van der Waals surface area contributed by atoms with Crippen molar-refractivity contribution in [3.63, 3.8) is 0 Å². The van der Waals surface area contributed by atoms with Gasteiger partial charge in [-0.1, -0.05) is 0 Å². The van der Waals surface area contributed by atoms with Crippen molar-refractivity contribution in [1.82, 2.24) is 9.97 Å². The van der Waals surface area contributed by atoms with E-state index in [1.54, 1.807) is 25.3 Å². The van der Waals surface area contributed by atoms with E-state index in [1.165, 1.54) is 18.5 Å². The van der Waals surface area contributed by atoms with Gasteiger partial charge >= 0.3 is 0 Å². The molecule has 2 heterocycles. The molecule has 6 nitrogen and oxygen atoms in total. The first-order valence-electron chi connectivity index (χ1n) is 5.14. The summed E-state index contributed by atoms with van der Waals surface area (Å²) < 4.78 is 26.6. The SMILES string of the molecule is Cc1ccncc1NS(=O)(=O)c1ncccc1N. The lowest BCUT2D eigenvalue weighted by Gasteiger charge is -2.10. The maximum atomic E-state index is 12.1. The minimum Gasteiger partial charge on any atom is -0.396 e. The number of aryl methyl sites for hydroxylation is 1. The van der Waals surface area contributed by atoms with Gasteiger partial charge in [0.2, 0.25) is 0 Å². The van der Waals surface area contributed by atoms with Crippen molar-refractivity contribution in [1.29, 1.82) is 0 Å². The molecule has 0 spiro atoms. The van der Waals surface area contributed by atoms with Crippen molar-refractivity contribution >= 4 is 21.4 Å². The van der Waals surface area contributed by atoms with Gasteiger partial charge in [0.15, 0.2) is 5.03 Å². The van der Waals surface area contributed by atoms with Crippen LogP contribution >= 0.6 is 0 Å². The van der Waals surface area contributed by atoms with Crippen molar-refractivity contribution in [2.45, 2.75) is 11.9 Å². The van der Waals surface area contributed by atoms with E-state index in [9.17, 15) is 8.42 Å². The molecule has 0 aliphatic rings. The fraction of sp³-hybridized carbons (Fsp3) is 0.0909. The smallest absolute Gasteiger partial charge is 0.281 e. The fourth-order valence-corrected chi connectivity index (χ4v) is 2.57. The summed E-state index contributed by atoms with van der Waals surface area (Å²) in [4.78, 5) is 7.65. The Morgan fingerprint density at radius 2 is 2.06 bits per heavy atom. The zero-order valence-electron chi connectivity index (χ0n) is 9.66. The number of pyridine rings is 2. The van der Waals surface area contributed by atoms with E-state index in [0.717, 1.165) is 5.56 Å². The van der Waals surface area contributed by atoms with E-state index in [1.807, 2.05) is 0 Å². The first kappa shape index (κ1) is 12.3. The Morgan fingerprint density at radius 3 is 2.72 bits per heavy atom. The zero-order valence-corrected chi connectivity index (χ0v) is 10.5. The van der Waals surface area contributed by atoms with Gasteiger partial charge in [-0.15, -0.1) is 0 Å². The molecule has 0 saturated heterocycles. The molecule has 0 atom stereocenters. The summed E-state index contributed by atoms with van der Waals surface area (Å²) in [5.74, 6) is 0. The van der Waals surface area contributed by atoms with Gasteiger partial charge in [-0.3, -0.25) is 9.71 Å². The molecule has 0 bridgehead atoms. The van der Waals surface area contributed by atoms with E-state index >= 15 is 0 Å². The van der Waals surface area contributed by atoms with Crippen molar-refractivity contribution in [3.05, 3.63) is 42.4 Å². The molecule has 94 valence electrons. The first-order chi connectivity index (χ1) is 8.50. The number of nitrogens with one attached hydrogen (secondary N) is 1. The lowest BCUT2D eigenvalue weighted by atomic mass is 10.3. The van der Waals surface area contributed by atoms with Gasteiger partial charge in [0.05, 0.1) is 17.6 Å². The number of hydrogen-bond acceptors (Lipinski definition) is 5. The fourth-order valence-electron chi connectivity index (χ4n) is 1.39. The number of anilines is 2. The van der Waals surface area contributed by atoms with E-state index in [2.05, 4.69) is 14.7 Å². The number of rotatable bonds is 3. The summed E-state index contributed by atoms with van der Waals surface area (Å²) in [5, 5.41) is -0.187. The van der Waals surface area contributed by atoms with Gasteiger partial charge in [0.1, 0.15) is 0 Å². The summed E-state index contributed by atoms with van der Waals surface area (Å²) >= 11 is 0. The Hall–Kier alpha value is -2.15. The monoisotopic (exact) mass is 264 g/mol. The molecule has 18 heavy (non-hydrogen) atoms. The maximum Gasteiger partial charge on any atom is 0.281 e. The van der Waals surface area contributed by atoms with Crippen molar-refractivity contribution in [2.75, 3.05) is 10.5 Å². The van der Waals surface area contributed by atoms with Crippen molar-refractivity contribution < 1.29 is 8.42 Å². The van der Waals surface area contributed by atoms with Crippen LogP contribution in [0.5, 0.6) is 0 Å². The normalized spacial score (nSPS) is 11.2. The third kappa shape index (κ3) is 2.40. The van der Waals surface area contributed by atoms with Crippen LogP contribution in [0.4, 0.5) is 11.4 Å². The Balaban J connectivity index is 2.40. The summed E-state index contributed by atoms with van der Waals surface area (Å²) in [5.41, 5.74) is 6.88. The predicted molar refractivity (Wildman–Crippen MR) is 68.4 cm³/mol. The number of nitrogens with zero attached hydrogens (tertiary/aromatic N) is 2. The molecule has 2 aromatic heterocycles. The summed E-state index contributed by atoms with van der Waals surface area (Å²) in [6.07, 6.45) is 4.40. The highest BCUT2D eigenvalue weighted by molar-refractivity contribution is 7.92. The first-order valence-corrected chi connectivity index (χ1v) is 6.63. The van der Waals surface area contributed by atoms with Crippen LogP contribution in [0.1, 0.15) is 5.56 Å². The van der Waals surface area contributed by atoms with Gasteiger partial charge in [0.25, 0.3) is 10.0 Å². The van der Waals surface area contributed by atoms with Crippen LogP contribution in [-0.2, 0) is 10.0 Å². The number of hydrogen-bond donors (Lipinski definition) is 2. The molecule has 0 aromatic carbocycles. The van der Waals surface area contributed by atoms with Gasteiger partial charge < -0.3 is 5.73 Å². The van der Waals surface area contributed by atoms with E-state index < -0.39 is 10.0 Å². The predicted octanol–water partition coefficient (Wildman–Crippen LogP) is 1.17. The molecular formula is C11H12N4O2S. The number of sulfonamides is 1. The molecule has 3 N–H and O–H groups in total. The van der Waals surface area contributed by atoms with Gasteiger partial charge in [-0.2, -0.15) is 8.42 Å². The average Bonchev–Trinajstić information content (AvgIpc) is 2.32. The molecule has 2 aromatic rings. The summed E-state index contributed by atoms with van der Waals surface area (Å²) in [6, 6.07) is 4.76. The Bertz CT molecular complexity index is 670. The van der Waals surface area contributed by atoms with Crippen LogP contribution in [-0.4, -0.2) is 18.4 Å². The van der Waals surface area contributed by atoms with E-state index in [-0.39, 0.29) is 10.7 Å². The summed E-state index contributed by atoms with van der Waals surface area (Å²) in [7, 11) is -3.79. The molecule has 0 saturated carbocycles. The minimum absolute atomic E-state index is 0.103. The molecule has 0 radical (unpaired) electrons. The lowest BCUT2D eigenvalue weighted by molar-refractivity contribution is 0.598. The third-order valence-corrected chi connectivity index (χ3v) is 3.68. The third-order valence-electron chi connectivity index (χ3n) is 2.34. The molecule has 0 fully saturated rings. The van der Waals surface area contributed by atoms with E-state index in [0.29, 0.717) is 5.69 Å². The Kier molecular flexibility index (Phi) is 3.15. The molecule has 0 aliphatic heterocycles. The lowest BCUT2D eigenvalue weighted by Crippen LogP contribution is -2.17. The number of aromatic nitrogens is 2. The highest BCUT2D eigenvalue weighted by Gasteiger charge is 2.19. The van der Waals surface area contributed by atoms with Gasteiger partial charge in [-0.25, -0.2) is 4.98 Å². The second-order valence-electron chi connectivity index (χ2n) is 3.69. The van der Waals surface area contributed by atoms with Crippen LogP contribution in [0.15, 0.2) is 41.8 Å². The second kappa shape index (κ2) is 4.61. The van der Waals surface area contributed by atoms with Gasteiger partial charge in [-0.05, 0) is 30.7 Å². The second-order valence-corrected chi connectivity index (χ2v) is 5.29. The van der Waals surface area contributed by atoms with Crippen LogP contribution in [0.25, 0.3) is 0 Å². The largest absolute Gasteiger partial charge is 0.396 e. The highest BCUT2D eigenvalue weighted by Crippen LogP contribution is 2.20. The van der Waals surface area contributed by atoms with Crippen molar-refractivity contribution in [2.24, 2.45) is 0 Å². The van der Waals surface area contributed by atoms with Crippen LogP contribution < -0.4 is 10.5 Å². The van der Waals surface area contributed by atoms with Crippen LogP contribution in [0.2, 0.25) is 0 Å². The molecular weight excluding hydrogens is 252 g/mol. The highest BCUT2D eigenvalue weighted by atomic mass is 32.2. The maximum absolute atomic E-state index is 12.1. The molecule has 2 rings (SSSR count). The van der Waals surface area contributed by atoms with E-state index in [4.69, 9.17) is 5.73 Å². The van der Waals surface area contributed by atoms with Crippen molar-refractivity contribution in [3.8, 4) is 0 Å². The molecule has 0 amide bonds. The standard InChI is InChI=1S/C11H12N4O2S/c1-8-4-6-13-7-10(8)15-18(16,17)11-9(12)3-2-5-14-11/h2-7,15H,12H2,1H3. The molecule has 0 unspecified atom stereocenters. The topological polar surface area (TPSA) is 98.0 Å². The molecule has 7 heteroatoms. The Morgan fingerprint density at radius 1 is 1.28 bits per heavy atom. The number of nitrogen functional groups attached to an aromatic ring is 1. The van der Waals surface area contributed by atoms with Crippen LogP contribution in [0, 0.1) is 6.92 Å². The van der Waals surface area contributed by atoms with Crippen LogP contribution in [0.3, 0.4) is 0 Å². The quantitative estimate of drug-likeness (QED) is 0.867. The zero-order chi connectivity index (χ0) is 13.2. The average molecular weight is 264 g/mol.